The van der Waals surface area contributed by atoms with E-state index in [0.717, 1.165) is 6.54 Å². The lowest BCUT2D eigenvalue weighted by Crippen LogP contribution is -1.93. The van der Waals surface area contributed by atoms with E-state index in [0.29, 0.717) is 0 Å². The number of nitrogens with zero attached hydrogens (tertiary/aromatic N) is 2. The lowest BCUT2D eigenvalue weighted by molar-refractivity contribution is 0.792. The number of aromatic nitrogens is 2. The molecule has 3 heteroatoms. The summed E-state index contributed by atoms with van der Waals surface area (Å²) in [6.07, 6.45) is 5.50. The summed E-state index contributed by atoms with van der Waals surface area (Å²) in [5.41, 5.74) is 1.18. The molecule has 0 N–H and O–H groups in total. The maximum absolute atomic E-state index is 3.96. The molecule has 1 heterocycles. The smallest absolute Gasteiger partial charge is 0.0951 e. The highest BCUT2D eigenvalue weighted by Crippen LogP contribution is 1.94. The average Bonchev–Trinajstić information content (AvgIpc) is 2.18. The fourth-order valence-electron chi connectivity index (χ4n) is 0.717. The lowest BCUT2D eigenvalue weighted by atomic mass is 10.5. The number of rotatable bonds is 2. The van der Waals surface area contributed by atoms with E-state index in [4.69, 9.17) is 0 Å². The third-order valence-electron chi connectivity index (χ3n) is 1.25. The van der Waals surface area contributed by atoms with Crippen molar-refractivity contribution >= 4 is 24.0 Å². The summed E-state index contributed by atoms with van der Waals surface area (Å²) < 4.78 is 2.03. The van der Waals surface area contributed by atoms with Crippen molar-refractivity contribution in [3.05, 3.63) is 30.9 Å². The molecule has 0 aliphatic carbocycles. The van der Waals surface area contributed by atoms with Gasteiger partial charge >= 0.3 is 0 Å². The third kappa shape index (κ3) is 2.13. The average molecular weight is 250 g/mol. The Morgan fingerprint density at radius 2 is 2.50 bits per heavy atom. The molecule has 0 unspecified atom stereocenters. The number of allylic oxidation sites excluding steroid dienone is 1. The van der Waals surface area contributed by atoms with Crippen LogP contribution in [0.25, 0.3) is 0 Å². The van der Waals surface area contributed by atoms with E-state index in [1.54, 1.807) is 6.33 Å². The molecule has 0 bridgehead atoms. The molecule has 10 heavy (non-hydrogen) atoms. The Morgan fingerprint density at radius 1 is 1.80 bits per heavy atom. The van der Waals surface area contributed by atoms with Gasteiger partial charge in [0.2, 0.25) is 0 Å². The second kappa shape index (κ2) is 4.49. The minimum atomic E-state index is 0. The molecule has 2 nitrogen and oxygen atoms in total. The van der Waals surface area contributed by atoms with Crippen molar-refractivity contribution in [3.63, 3.8) is 0 Å². The zero-order chi connectivity index (χ0) is 6.69. The van der Waals surface area contributed by atoms with Gasteiger partial charge < -0.3 is 4.57 Å². The molecular weight excluding hydrogens is 239 g/mol. The maximum Gasteiger partial charge on any atom is 0.0951 e. The van der Waals surface area contributed by atoms with Crippen molar-refractivity contribution in [1.29, 1.82) is 0 Å². The van der Waals surface area contributed by atoms with Crippen LogP contribution < -0.4 is 0 Å². The fourth-order valence-corrected chi connectivity index (χ4v) is 0.717. The zero-order valence-electron chi connectivity index (χ0n) is 5.95. The van der Waals surface area contributed by atoms with Gasteiger partial charge in [-0.25, -0.2) is 4.98 Å². The van der Waals surface area contributed by atoms with Crippen LogP contribution in [-0.2, 0) is 6.54 Å². The molecule has 1 aromatic heterocycles. The summed E-state index contributed by atoms with van der Waals surface area (Å²) in [6.45, 7) is 6.51. The van der Waals surface area contributed by atoms with Crippen LogP contribution >= 0.6 is 24.0 Å². The molecular formula is C7H11IN2. The van der Waals surface area contributed by atoms with Gasteiger partial charge in [-0.3, -0.25) is 0 Å². The number of hydrogen-bond donors (Lipinski definition) is 0. The van der Waals surface area contributed by atoms with Crippen molar-refractivity contribution in [2.24, 2.45) is 0 Å². The second-order valence-corrected chi connectivity index (χ2v) is 1.98. The first-order valence-corrected chi connectivity index (χ1v) is 2.92. The van der Waals surface area contributed by atoms with E-state index in [-0.39, 0.29) is 24.0 Å². The van der Waals surface area contributed by atoms with Crippen LogP contribution in [0, 0.1) is 6.92 Å². The van der Waals surface area contributed by atoms with Gasteiger partial charge in [0.25, 0.3) is 0 Å². The summed E-state index contributed by atoms with van der Waals surface area (Å²) in [6, 6.07) is 0. The summed E-state index contributed by atoms with van der Waals surface area (Å²) in [5, 5.41) is 0. The SMILES string of the molecule is C=CCn1cncc1C.I. The number of imidazole rings is 1. The Kier molecular flexibility index (Phi) is 4.34. The fraction of sp³-hybridized carbons (Fsp3) is 0.286. The van der Waals surface area contributed by atoms with Crippen LogP contribution in [0.5, 0.6) is 0 Å². The van der Waals surface area contributed by atoms with Crippen molar-refractivity contribution < 1.29 is 0 Å². The highest BCUT2D eigenvalue weighted by Gasteiger charge is 1.89. The maximum atomic E-state index is 3.96. The molecule has 0 aromatic carbocycles. The van der Waals surface area contributed by atoms with Crippen molar-refractivity contribution in [3.8, 4) is 0 Å². The van der Waals surface area contributed by atoms with Crippen molar-refractivity contribution in [1.82, 2.24) is 9.55 Å². The van der Waals surface area contributed by atoms with Gasteiger partial charge in [-0.2, -0.15) is 0 Å². The number of aryl methyl sites for hydroxylation is 1. The van der Waals surface area contributed by atoms with Gasteiger partial charge in [0.15, 0.2) is 0 Å². The summed E-state index contributed by atoms with van der Waals surface area (Å²) in [7, 11) is 0. The Labute approximate surface area is 78.0 Å². The van der Waals surface area contributed by atoms with E-state index >= 15 is 0 Å². The monoisotopic (exact) mass is 250 g/mol. The molecule has 1 aromatic rings. The van der Waals surface area contributed by atoms with Gasteiger partial charge in [-0.15, -0.1) is 30.6 Å². The molecule has 0 radical (unpaired) electrons. The van der Waals surface area contributed by atoms with Gasteiger partial charge in [0.1, 0.15) is 0 Å². The quantitative estimate of drug-likeness (QED) is 0.579. The molecule has 0 aliphatic rings. The minimum Gasteiger partial charge on any atom is -0.331 e. The molecule has 0 aliphatic heterocycles. The van der Waals surface area contributed by atoms with Crippen LogP contribution in [0.4, 0.5) is 0 Å². The first-order chi connectivity index (χ1) is 4.34. The summed E-state index contributed by atoms with van der Waals surface area (Å²) >= 11 is 0. The second-order valence-electron chi connectivity index (χ2n) is 1.98. The Bertz CT molecular complexity index is 205. The summed E-state index contributed by atoms with van der Waals surface area (Å²) in [5.74, 6) is 0. The number of halogens is 1. The van der Waals surface area contributed by atoms with E-state index in [1.807, 2.05) is 23.8 Å². The predicted molar refractivity (Wildman–Crippen MR) is 52.6 cm³/mol. The summed E-state index contributed by atoms with van der Waals surface area (Å²) in [4.78, 5) is 3.96. The Balaban J connectivity index is 0.000000810. The standard InChI is InChI=1S/C7H10N2.HI/c1-3-4-9-6-8-5-7(9)2;/h3,5-6H,1,4H2,2H3;1H. The first kappa shape index (κ1) is 9.68. The van der Waals surface area contributed by atoms with E-state index in [1.165, 1.54) is 5.69 Å². The van der Waals surface area contributed by atoms with E-state index in [9.17, 15) is 0 Å². The Hall–Kier alpha value is -0.320. The van der Waals surface area contributed by atoms with Crippen LogP contribution in [0.3, 0.4) is 0 Å². The molecule has 1 rings (SSSR count). The normalized spacial score (nSPS) is 8.50. The van der Waals surface area contributed by atoms with Crippen molar-refractivity contribution in [2.75, 3.05) is 0 Å². The first-order valence-electron chi connectivity index (χ1n) is 2.92. The highest BCUT2D eigenvalue weighted by atomic mass is 127. The highest BCUT2D eigenvalue weighted by molar-refractivity contribution is 14.0. The molecule has 0 atom stereocenters. The Morgan fingerprint density at radius 3 is 2.90 bits per heavy atom. The van der Waals surface area contributed by atoms with Crippen LogP contribution in [0.1, 0.15) is 5.69 Å². The zero-order valence-corrected chi connectivity index (χ0v) is 8.28. The van der Waals surface area contributed by atoms with Gasteiger partial charge in [-0.05, 0) is 6.92 Å². The van der Waals surface area contributed by atoms with Gasteiger partial charge in [0, 0.05) is 18.4 Å². The van der Waals surface area contributed by atoms with Gasteiger partial charge in [0.05, 0.1) is 6.33 Å². The topological polar surface area (TPSA) is 17.8 Å². The molecule has 0 amide bonds. The molecule has 56 valence electrons. The molecule has 0 fully saturated rings. The van der Waals surface area contributed by atoms with E-state index in [2.05, 4.69) is 11.6 Å². The predicted octanol–water partition coefficient (Wildman–Crippen LogP) is 2.00. The minimum absolute atomic E-state index is 0. The molecule has 0 saturated heterocycles. The molecule has 0 spiro atoms. The number of hydrogen-bond acceptors (Lipinski definition) is 1. The van der Waals surface area contributed by atoms with E-state index < -0.39 is 0 Å². The third-order valence-corrected chi connectivity index (χ3v) is 1.25. The lowest BCUT2D eigenvalue weighted by Gasteiger charge is -1.96. The van der Waals surface area contributed by atoms with Crippen molar-refractivity contribution in [2.45, 2.75) is 13.5 Å². The van der Waals surface area contributed by atoms with Crippen LogP contribution in [0.2, 0.25) is 0 Å². The largest absolute Gasteiger partial charge is 0.331 e. The van der Waals surface area contributed by atoms with Crippen LogP contribution in [-0.4, -0.2) is 9.55 Å². The van der Waals surface area contributed by atoms with Gasteiger partial charge in [-0.1, -0.05) is 6.08 Å². The van der Waals surface area contributed by atoms with Crippen LogP contribution in [0.15, 0.2) is 25.2 Å². The molecule has 0 saturated carbocycles.